The van der Waals surface area contributed by atoms with Gasteiger partial charge in [0, 0.05) is 30.7 Å². The van der Waals surface area contributed by atoms with Crippen LogP contribution in [-0.2, 0) is 6.54 Å². The number of piperidine rings is 1. The molecule has 1 aliphatic heterocycles. The number of aromatic nitrogens is 3. The molecule has 0 saturated carbocycles. The van der Waals surface area contributed by atoms with Gasteiger partial charge in [0.05, 0.1) is 6.33 Å². The van der Waals surface area contributed by atoms with Crippen molar-refractivity contribution in [3.8, 4) is 0 Å². The highest BCUT2D eigenvalue weighted by Crippen LogP contribution is 2.21. The molecule has 2 aromatic heterocycles. The Hall–Kier alpha value is -2.21. The highest BCUT2D eigenvalue weighted by atomic mass is 16.2. The molecule has 6 nitrogen and oxygen atoms in total. The lowest BCUT2D eigenvalue weighted by atomic mass is 10.0. The molecule has 0 atom stereocenters. The molecule has 0 aliphatic carbocycles. The highest BCUT2D eigenvalue weighted by Gasteiger charge is 2.29. The van der Waals surface area contributed by atoms with Gasteiger partial charge in [0.15, 0.2) is 0 Å². The van der Waals surface area contributed by atoms with Gasteiger partial charge in [-0.1, -0.05) is 0 Å². The van der Waals surface area contributed by atoms with Crippen molar-refractivity contribution in [1.29, 1.82) is 0 Å². The number of amides is 1. The van der Waals surface area contributed by atoms with E-state index < -0.39 is 0 Å². The summed E-state index contributed by atoms with van der Waals surface area (Å²) in [5.41, 5.74) is 2.45. The van der Waals surface area contributed by atoms with Crippen LogP contribution in [0.2, 0.25) is 0 Å². The van der Waals surface area contributed by atoms with Crippen LogP contribution in [0, 0.1) is 6.92 Å². The molecule has 3 heterocycles. The summed E-state index contributed by atoms with van der Waals surface area (Å²) in [4.78, 5) is 28.6. The minimum Gasteiger partial charge on any atom is -0.348 e. The van der Waals surface area contributed by atoms with Crippen LogP contribution in [-0.4, -0.2) is 56.8 Å². The number of hydrogen-bond donors (Lipinski definition) is 1. The van der Waals surface area contributed by atoms with E-state index in [4.69, 9.17) is 0 Å². The van der Waals surface area contributed by atoms with E-state index in [0.29, 0.717) is 12.2 Å². The normalized spacial score (nSPS) is 16.4. The van der Waals surface area contributed by atoms with Gasteiger partial charge in [-0.25, -0.2) is 4.98 Å². The Kier molecular flexibility index (Phi) is 4.71. The summed E-state index contributed by atoms with van der Waals surface area (Å²) in [7, 11) is 2.13. The second-order valence-corrected chi connectivity index (χ2v) is 6.20. The SMILES string of the molecule is Cc1[nH]cnc1C(=O)N(Cc1ccncc1)C1CCN(C)CC1. The van der Waals surface area contributed by atoms with Gasteiger partial charge in [-0.15, -0.1) is 0 Å². The zero-order chi connectivity index (χ0) is 16.2. The molecule has 0 bridgehead atoms. The Morgan fingerprint density at radius 2 is 2.04 bits per heavy atom. The standard InChI is InChI=1S/C17H23N5O/c1-13-16(20-12-19-13)17(23)22(11-14-3-7-18-8-4-14)15-5-9-21(2)10-6-15/h3-4,7-8,12,15H,5-6,9-11H2,1-2H3,(H,19,20). The average Bonchev–Trinajstić information content (AvgIpc) is 3.00. The second kappa shape index (κ2) is 6.91. The molecule has 0 radical (unpaired) electrons. The monoisotopic (exact) mass is 313 g/mol. The maximum atomic E-state index is 13.0. The Balaban J connectivity index is 1.84. The molecule has 122 valence electrons. The molecule has 23 heavy (non-hydrogen) atoms. The van der Waals surface area contributed by atoms with Crippen LogP contribution in [0.1, 0.15) is 34.6 Å². The fourth-order valence-corrected chi connectivity index (χ4v) is 3.07. The Labute approximate surface area is 136 Å². The van der Waals surface area contributed by atoms with Gasteiger partial charge in [-0.3, -0.25) is 9.78 Å². The summed E-state index contributed by atoms with van der Waals surface area (Å²) in [5, 5.41) is 0. The first-order chi connectivity index (χ1) is 11.1. The maximum absolute atomic E-state index is 13.0. The van der Waals surface area contributed by atoms with E-state index in [2.05, 4.69) is 26.9 Å². The molecule has 1 amide bonds. The molecule has 1 N–H and O–H groups in total. The smallest absolute Gasteiger partial charge is 0.274 e. The summed E-state index contributed by atoms with van der Waals surface area (Å²) in [6.07, 6.45) is 7.12. The van der Waals surface area contributed by atoms with Crippen molar-refractivity contribution in [3.05, 3.63) is 47.8 Å². The van der Waals surface area contributed by atoms with Crippen molar-refractivity contribution in [2.24, 2.45) is 0 Å². The van der Waals surface area contributed by atoms with Crippen LogP contribution in [0.5, 0.6) is 0 Å². The fraction of sp³-hybridized carbons (Fsp3) is 0.471. The van der Waals surface area contributed by atoms with Gasteiger partial charge < -0.3 is 14.8 Å². The van der Waals surface area contributed by atoms with Gasteiger partial charge in [0.25, 0.3) is 5.91 Å². The third kappa shape index (κ3) is 3.59. The zero-order valence-corrected chi connectivity index (χ0v) is 13.7. The van der Waals surface area contributed by atoms with Crippen molar-refractivity contribution >= 4 is 5.91 Å². The summed E-state index contributed by atoms with van der Waals surface area (Å²) in [6, 6.07) is 4.18. The van der Waals surface area contributed by atoms with Crippen molar-refractivity contribution < 1.29 is 4.79 Å². The number of carbonyl (C=O) groups is 1. The van der Waals surface area contributed by atoms with E-state index >= 15 is 0 Å². The zero-order valence-electron chi connectivity index (χ0n) is 13.7. The second-order valence-electron chi connectivity index (χ2n) is 6.20. The molecule has 1 saturated heterocycles. The Bertz CT molecular complexity index is 646. The first-order valence-electron chi connectivity index (χ1n) is 8.03. The van der Waals surface area contributed by atoms with Crippen LogP contribution in [0.3, 0.4) is 0 Å². The molecular formula is C17H23N5O. The third-order valence-corrected chi connectivity index (χ3v) is 4.52. The number of H-pyrrole nitrogens is 1. The highest BCUT2D eigenvalue weighted by molar-refractivity contribution is 5.93. The third-order valence-electron chi connectivity index (χ3n) is 4.52. The number of rotatable bonds is 4. The van der Waals surface area contributed by atoms with Gasteiger partial charge in [-0.2, -0.15) is 0 Å². The molecule has 6 heteroatoms. The minimum absolute atomic E-state index is 0.00937. The number of likely N-dealkylation sites (tertiary alicyclic amines) is 1. The van der Waals surface area contributed by atoms with E-state index in [-0.39, 0.29) is 11.9 Å². The quantitative estimate of drug-likeness (QED) is 0.935. The Morgan fingerprint density at radius 3 is 2.65 bits per heavy atom. The van der Waals surface area contributed by atoms with Gasteiger partial charge >= 0.3 is 0 Å². The van der Waals surface area contributed by atoms with E-state index in [1.165, 1.54) is 0 Å². The predicted octanol–water partition coefficient (Wildman–Crippen LogP) is 1.85. The number of nitrogens with one attached hydrogen (secondary N) is 1. The largest absolute Gasteiger partial charge is 0.348 e. The molecular weight excluding hydrogens is 290 g/mol. The average molecular weight is 313 g/mol. The molecule has 0 aromatic carbocycles. The predicted molar refractivity (Wildman–Crippen MR) is 88.0 cm³/mol. The first-order valence-corrected chi connectivity index (χ1v) is 8.03. The molecule has 2 aromatic rings. The van der Waals surface area contributed by atoms with Crippen molar-refractivity contribution in [2.75, 3.05) is 20.1 Å². The van der Waals surface area contributed by atoms with Crippen molar-refractivity contribution in [3.63, 3.8) is 0 Å². The maximum Gasteiger partial charge on any atom is 0.274 e. The number of aryl methyl sites for hydroxylation is 1. The summed E-state index contributed by atoms with van der Waals surface area (Å²) >= 11 is 0. The van der Waals surface area contributed by atoms with Crippen LogP contribution >= 0.6 is 0 Å². The summed E-state index contributed by atoms with van der Waals surface area (Å²) in [6.45, 7) is 4.52. The number of nitrogens with zero attached hydrogens (tertiary/aromatic N) is 4. The van der Waals surface area contributed by atoms with Crippen LogP contribution in [0.4, 0.5) is 0 Å². The van der Waals surface area contributed by atoms with E-state index in [0.717, 1.165) is 37.2 Å². The lowest BCUT2D eigenvalue weighted by Crippen LogP contribution is -2.46. The van der Waals surface area contributed by atoms with Gasteiger partial charge in [-0.05, 0) is 57.6 Å². The van der Waals surface area contributed by atoms with E-state index in [1.807, 2.05) is 24.0 Å². The lowest BCUT2D eigenvalue weighted by Gasteiger charge is -2.37. The van der Waals surface area contributed by atoms with Gasteiger partial charge in [0.1, 0.15) is 5.69 Å². The first kappa shape index (κ1) is 15.7. The molecule has 0 unspecified atom stereocenters. The molecule has 0 spiro atoms. The number of carbonyl (C=O) groups excluding carboxylic acids is 1. The van der Waals surface area contributed by atoms with Gasteiger partial charge in [0.2, 0.25) is 0 Å². The number of hydrogen-bond acceptors (Lipinski definition) is 4. The summed E-state index contributed by atoms with van der Waals surface area (Å²) < 4.78 is 0. The van der Waals surface area contributed by atoms with Crippen LogP contribution in [0.15, 0.2) is 30.9 Å². The molecule has 1 aliphatic rings. The topological polar surface area (TPSA) is 65.1 Å². The van der Waals surface area contributed by atoms with Crippen molar-refractivity contribution in [2.45, 2.75) is 32.4 Å². The number of aromatic amines is 1. The van der Waals surface area contributed by atoms with Crippen LogP contribution < -0.4 is 0 Å². The fourth-order valence-electron chi connectivity index (χ4n) is 3.07. The minimum atomic E-state index is 0.00937. The molecule has 3 rings (SSSR count). The number of pyridine rings is 1. The summed E-state index contributed by atoms with van der Waals surface area (Å²) in [5.74, 6) is 0.00937. The number of imidazole rings is 1. The Morgan fingerprint density at radius 1 is 1.35 bits per heavy atom. The lowest BCUT2D eigenvalue weighted by molar-refractivity contribution is 0.0563. The molecule has 1 fully saturated rings. The van der Waals surface area contributed by atoms with E-state index in [1.54, 1.807) is 18.7 Å². The van der Waals surface area contributed by atoms with Crippen LogP contribution in [0.25, 0.3) is 0 Å². The van der Waals surface area contributed by atoms with E-state index in [9.17, 15) is 4.79 Å². The van der Waals surface area contributed by atoms with Crippen molar-refractivity contribution in [1.82, 2.24) is 24.8 Å².